The molecule has 6 nitrogen and oxygen atoms in total. The molecule has 3 aromatic carbocycles. The number of furan rings is 1. The summed E-state index contributed by atoms with van der Waals surface area (Å²) in [6.45, 7) is 7.26. The number of carbonyl (C=O) groups excluding carboxylic acids is 1. The Balaban J connectivity index is 1.38. The first-order chi connectivity index (χ1) is 18.1. The molecule has 5 rings (SSSR count). The molecule has 0 saturated carbocycles. The average Bonchev–Trinajstić information content (AvgIpc) is 3.36. The van der Waals surface area contributed by atoms with Crippen molar-refractivity contribution in [1.29, 1.82) is 0 Å². The number of amides is 1. The van der Waals surface area contributed by atoms with Gasteiger partial charge in [-0.25, -0.2) is 0 Å². The van der Waals surface area contributed by atoms with Gasteiger partial charge >= 0.3 is 0 Å². The molecule has 6 heteroatoms. The number of fused-ring (bicyclic) bond motifs is 1. The largest absolute Gasteiger partial charge is 0.495 e. The lowest BCUT2D eigenvalue weighted by atomic mass is 9.99. The van der Waals surface area contributed by atoms with E-state index in [1.54, 1.807) is 19.4 Å². The van der Waals surface area contributed by atoms with Gasteiger partial charge < -0.3 is 23.7 Å². The van der Waals surface area contributed by atoms with E-state index in [1.807, 2.05) is 61.2 Å². The van der Waals surface area contributed by atoms with Crippen LogP contribution in [0.25, 0.3) is 27.7 Å². The predicted molar refractivity (Wildman–Crippen MR) is 148 cm³/mol. The van der Waals surface area contributed by atoms with Gasteiger partial charge in [0.05, 0.1) is 25.7 Å². The van der Waals surface area contributed by atoms with Crippen molar-refractivity contribution in [3.05, 3.63) is 84.6 Å². The summed E-state index contributed by atoms with van der Waals surface area (Å²) in [5.74, 6) is 1.58. The third-order valence-corrected chi connectivity index (χ3v) is 6.84. The Labute approximate surface area is 217 Å². The van der Waals surface area contributed by atoms with E-state index in [9.17, 15) is 4.79 Å². The van der Waals surface area contributed by atoms with Crippen molar-refractivity contribution in [2.24, 2.45) is 0 Å². The maximum Gasteiger partial charge on any atom is 0.246 e. The summed E-state index contributed by atoms with van der Waals surface area (Å²) < 4.78 is 17.3. The highest BCUT2D eigenvalue weighted by atomic mass is 16.5. The molecule has 0 N–H and O–H groups in total. The minimum Gasteiger partial charge on any atom is -0.495 e. The highest BCUT2D eigenvalue weighted by molar-refractivity contribution is 6.00. The molecule has 0 spiro atoms. The smallest absolute Gasteiger partial charge is 0.246 e. The van der Waals surface area contributed by atoms with Crippen LogP contribution in [-0.4, -0.2) is 50.7 Å². The van der Waals surface area contributed by atoms with E-state index >= 15 is 0 Å². The van der Waals surface area contributed by atoms with Crippen molar-refractivity contribution < 1.29 is 18.7 Å². The molecular formula is C31H32N2O4. The van der Waals surface area contributed by atoms with Gasteiger partial charge in [0.2, 0.25) is 5.91 Å². The molecular weight excluding hydrogens is 464 g/mol. The van der Waals surface area contributed by atoms with Gasteiger partial charge in [-0.05, 0) is 43.2 Å². The van der Waals surface area contributed by atoms with Gasteiger partial charge in [-0.15, -0.1) is 0 Å². The fraction of sp³-hybridized carbons (Fsp3) is 0.258. The number of methoxy groups -OCH3 is 1. The Hall–Kier alpha value is -4.19. The van der Waals surface area contributed by atoms with Gasteiger partial charge in [0.25, 0.3) is 0 Å². The molecule has 1 amide bonds. The number of rotatable bonds is 7. The second-order valence-corrected chi connectivity index (χ2v) is 9.10. The summed E-state index contributed by atoms with van der Waals surface area (Å²) in [5.41, 5.74) is 5.69. The summed E-state index contributed by atoms with van der Waals surface area (Å²) in [7, 11) is 1.69. The highest BCUT2D eigenvalue weighted by Crippen LogP contribution is 2.37. The van der Waals surface area contributed by atoms with Gasteiger partial charge in [-0.3, -0.25) is 4.79 Å². The monoisotopic (exact) mass is 496 g/mol. The van der Waals surface area contributed by atoms with Crippen LogP contribution in [0, 0.1) is 0 Å². The molecule has 37 heavy (non-hydrogen) atoms. The number of ether oxygens (including phenoxy) is 2. The molecule has 0 atom stereocenters. The topological polar surface area (TPSA) is 55.2 Å². The quantitative estimate of drug-likeness (QED) is 0.283. The van der Waals surface area contributed by atoms with Gasteiger partial charge in [-0.1, -0.05) is 42.5 Å². The Kier molecular flexibility index (Phi) is 7.17. The molecule has 1 aliphatic rings. The van der Waals surface area contributed by atoms with Gasteiger partial charge in [-0.2, -0.15) is 0 Å². The van der Waals surface area contributed by atoms with Crippen LogP contribution in [0.5, 0.6) is 11.5 Å². The summed E-state index contributed by atoms with van der Waals surface area (Å²) in [4.78, 5) is 17.4. The van der Waals surface area contributed by atoms with E-state index in [0.29, 0.717) is 25.4 Å². The number of hydrogen-bond donors (Lipinski definition) is 0. The maximum absolute atomic E-state index is 13.3. The average molecular weight is 497 g/mol. The van der Waals surface area contributed by atoms with E-state index in [0.717, 1.165) is 57.8 Å². The van der Waals surface area contributed by atoms with Gasteiger partial charge in [0, 0.05) is 54.8 Å². The Morgan fingerprint density at radius 2 is 1.70 bits per heavy atom. The van der Waals surface area contributed by atoms with Crippen LogP contribution < -0.4 is 14.4 Å². The zero-order valence-electron chi connectivity index (χ0n) is 21.6. The van der Waals surface area contributed by atoms with Gasteiger partial charge in [0.1, 0.15) is 17.1 Å². The number of piperazine rings is 1. The second-order valence-electron chi connectivity index (χ2n) is 9.10. The van der Waals surface area contributed by atoms with E-state index in [-0.39, 0.29) is 5.91 Å². The van der Waals surface area contributed by atoms with E-state index in [1.165, 1.54) is 0 Å². The molecule has 1 fully saturated rings. The fourth-order valence-electron chi connectivity index (χ4n) is 4.89. The summed E-state index contributed by atoms with van der Waals surface area (Å²) in [5, 5.41) is 0.996. The van der Waals surface area contributed by atoms with Crippen molar-refractivity contribution in [2.45, 2.75) is 13.8 Å². The third kappa shape index (κ3) is 5.05. The number of nitrogens with zero attached hydrogens (tertiary/aromatic N) is 2. The van der Waals surface area contributed by atoms with Crippen LogP contribution >= 0.6 is 0 Å². The molecule has 4 aromatic rings. The standard InChI is InChI=1S/C31H32N2O4/c1-4-36-29-20-30-25(26(21-37-30)23-10-6-5-7-11-23)19-24(29)22(2)18-31(34)33-16-14-32(15-17-33)27-12-8-9-13-28(27)35-3/h5-13,18-21H,4,14-17H2,1-3H3/b22-18+. The summed E-state index contributed by atoms with van der Waals surface area (Å²) in [6, 6.07) is 22.2. The molecule has 2 heterocycles. The molecule has 0 aliphatic carbocycles. The Morgan fingerprint density at radius 3 is 2.43 bits per heavy atom. The molecule has 1 aliphatic heterocycles. The van der Waals surface area contributed by atoms with Crippen molar-refractivity contribution >= 4 is 28.1 Å². The fourth-order valence-corrected chi connectivity index (χ4v) is 4.89. The highest BCUT2D eigenvalue weighted by Gasteiger charge is 2.23. The van der Waals surface area contributed by atoms with Crippen LogP contribution in [0.1, 0.15) is 19.4 Å². The number of benzene rings is 3. The Morgan fingerprint density at radius 1 is 0.973 bits per heavy atom. The lowest BCUT2D eigenvalue weighted by Crippen LogP contribution is -2.48. The van der Waals surface area contributed by atoms with E-state index in [4.69, 9.17) is 13.9 Å². The summed E-state index contributed by atoms with van der Waals surface area (Å²) >= 11 is 0. The van der Waals surface area contributed by atoms with Crippen molar-refractivity contribution in [3.8, 4) is 22.6 Å². The number of anilines is 1. The molecule has 0 bridgehead atoms. The van der Waals surface area contributed by atoms with Gasteiger partial charge in [0.15, 0.2) is 0 Å². The first kappa shape index (κ1) is 24.5. The van der Waals surface area contributed by atoms with Crippen LogP contribution in [-0.2, 0) is 4.79 Å². The first-order valence-electron chi connectivity index (χ1n) is 12.7. The van der Waals surface area contributed by atoms with Crippen LogP contribution in [0.2, 0.25) is 0 Å². The first-order valence-corrected chi connectivity index (χ1v) is 12.7. The molecule has 190 valence electrons. The zero-order valence-corrected chi connectivity index (χ0v) is 21.6. The van der Waals surface area contributed by atoms with E-state index in [2.05, 4.69) is 29.2 Å². The van der Waals surface area contributed by atoms with Crippen molar-refractivity contribution in [3.63, 3.8) is 0 Å². The van der Waals surface area contributed by atoms with Crippen LogP contribution in [0.4, 0.5) is 5.69 Å². The molecule has 1 aromatic heterocycles. The normalized spacial score (nSPS) is 14.2. The molecule has 0 unspecified atom stereocenters. The number of para-hydroxylation sites is 2. The number of allylic oxidation sites excluding steroid dienone is 1. The predicted octanol–water partition coefficient (Wildman–Crippen LogP) is 6.26. The zero-order chi connectivity index (χ0) is 25.8. The number of hydrogen-bond acceptors (Lipinski definition) is 5. The molecule has 0 radical (unpaired) electrons. The minimum atomic E-state index is 0.00944. The molecule has 1 saturated heterocycles. The maximum atomic E-state index is 13.3. The lowest BCUT2D eigenvalue weighted by molar-refractivity contribution is -0.126. The van der Waals surface area contributed by atoms with E-state index < -0.39 is 0 Å². The van der Waals surface area contributed by atoms with Crippen molar-refractivity contribution in [2.75, 3.05) is 44.8 Å². The van der Waals surface area contributed by atoms with Crippen molar-refractivity contribution in [1.82, 2.24) is 4.90 Å². The van der Waals surface area contributed by atoms with Crippen LogP contribution in [0.15, 0.2) is 83.5 Å². The third-order valence-electron chi connectivity index (χ3n) is 6.84. The lowest BCUT2D eigenvalue weighted by Gasteiger charge is -2.36. The van der Waals surface area contributed by atoms with Crippen LogP contribution in [0.3, 0.4) is 0 Å². The number of carbonyl (C=O) groups is 1. The Bertz CT molecular complexity index is 1420. The second kappa shape index (κ2) is 10.8. The minimum absolute atomic E-state index is 0.00944. The summed E-state index contributed by atoms with van der Waals surface area (Å²) in [6.07, 6.45) is 3.51. The SMILES string of the molecule is CCOc1cc2occ(-c3ccccc3)c2cc1/C(C)=C/C(=O)N1CCN(c2ccccc2OC)CC1.